The zero-order valence-electron chi connectivity index (χ0n) is 10.4. The summed E-state index contributed by atoms with van der Waals surface area (Å²) in [6.45, 7) is 0. The second-order valence-electron chi connectivity index (χ2n) is 4.79. The largest absolute Gasteiger partial charge is 0.392 e. The summed E-state index contributed by atoms with van der Waals surface area (Å²) in [4.78, 5) is 0. The lowest BCUT2D eigenvalue weighted by Crippen LogP contribution is -2.32. The Balaban J connectivity index is 0.000000160. The maximum Gasteiger partial charge on any atom is 0.0693 e. The fourth-order valence-electron chi connectivity index (χ4n) is 2.55. The molecule has 0 bridgehead atoms. The first-order valence-electron chi connectivity index (χ1n) is 6.39. The quantitative estimate of drug-likeness (QED) is 0.549. The fourth-order valence-corrected chi connectivity index (χ4v) is 2.55. The Labute approximate surface area is 98.4 Å². The molecule has 0 saturated heterocycles. The molecule has 0 aromatic rings. The first-order valence-corrected chi connectivity index (χ1v) is 6.39. The van der Waals surface area contributed by atoms with Crippen LogP contribution < -0.4 is 10.6 Å². The third-order valence-corrected chi connectivity index (χ3v) is 3.70. The molecular weight excluding hydrogens is 204 g/mol. The number of rotatable bonds is 2. The molecule has 0 unspecified atom stereocenters. The van der Waals surface area contributed by atoms with Crippen LogP contribution in [0.3, 0.4) is 0 Å². The summed E-state index contributed by atoms with van der Waals surface area (Å²) in [6, 6.07) is 0.741. The van der Waals surface area contributed by atoms with Crippen LogP contribution in [0.1, 0.15) is 38.5 Å². The van der Waals surface area contributed by atoms with Crippen LogP contribution in [-0.2, 0) is 0 Å². The minimum atomic E-state index is -0.0833. The Morgan fingerprint density at radius 3 is 1.25 bits per heavy atom. The first-order chi connectivity index (χ1) is 7.69. The molecule has 4 heteroatoms. The number of nitrogens with one attached hydrogen (secondary N) is 2. The van der Waals surface area contributed by atoms with E-state index in [1.165, 1.54) is 12.8 Å². The van der Waals surface area contributed by atoms with Gasteiger partial charge in [-0.3, -0.25) is 0 Å². The van der Waals surface area contributed by atoms with Gasteiger partial charge in [-0.05, 0) is 52.6 Å². The minimum Gasteiger partial charge on any atom is -0.392 e. The van der Waals surface area contributed by atoms with Crippen molar-refractivity contribution in [1.29, 1.82) is 0 Å². The second kappa shape index (κ2) is 7.22. The lowest BCUT2D eigenvalue weighted by Gasteiger charge is -2.11. The van der Waals surface area contributed by atoms with Crippen molar-refractivity contribution in [2.45, 2.75) is 62.8 Å². The normalized spacial score (nSPS) is 38.2. The standard InChI is InChI=1S/2C6H13NO/c2*1-7-5-3-2-4-6(5)8/h2*5-8H,2-4H2,1H3/t2*5-,6+/m10/s1. The molecule has 0 radical (unpaired) electrons. The Morgan fingerprint density at radius 1 is 0.750 bits per heavy atom. The third kappa shape index (κ3) is 4.01. The summed E-state index contributed by atoms with van der Waals surface area (Å²) in [5.41, 5.74) is 0. The van der Waals surface area contributed by atoms with Gasteiger partial charge in [0.05, 0.1) is 12.2 Å². The fraction of sp³-hybridized carbons (Fsp3) is 1.00. The molecule has 4 nitrogen and oxygen atoms in total. The lowest BCUT2D eigenvalue weighted by atomic mass is 10.2. The van der Waals surface area contributed by atoms with E-state index in [4.69, 9.17) is 10.2 Å². The molecule has 96 valence electrons. The summed E-state index contributed by atoms with van der Waals surface area (Å²) in [6.07, 6.45) is 6.41. The lowest BCUT2D eigenvalue weighted by molar-refractivity contribution is 0.153. The van der Waals surface area contributed by atoms with Crippen LogP contribution in [0.2, 0.25) is 0 Å². The average Bonchev–Trinajstić information content (AvgIpc) is 2.87. The van der Waals surface area contributed by atoms with Gasteiger partial charge in [-0.25, -0.2) is 0 Å². The van der Waals surface area contributed by atoms with Gasteiger partial charge in [0, 0.05) is 12.1 Å². The molecule has 0 aromatic heterocycles. The molecule has 2 aliphatic rings. The van der Waals surface area contributed by atoms with Crippen molar-refractivity contribution in [2.75, 3.05) is 14.1 Å². The molecule has 0 spiro atoms. The van der Waals surface area contributed by atoms with Crippen molar-refractivity contribution in [2.24, 2.45) is 0 Å². The minimum absolute atomic E-state index is 0.0833. The topological polar surface area (TPSA) is 64.5 Å². The molecule has 0 amide bonds. The zero-order chi connectivity index (χ0) is 12.0. The first kappa shape index (κ1) is 13.9. The van der Waals surface area contributed by atoms with Crippen molar-refractivity contribution >= 4 is 0 Å². The maximum absolute atomic E-state index is 9.13. The molecule has 2 saturated carbocycles. The van der Waals surface area contributed by atoms with E-state index in [0.717, 1.165) is 25.7 Å². The predicted molar refractivity (Wildman–Crippen MR) is 65.4 cm³/mol. The van der Waals surface area contributed by atoms with E-state index < -0.39 is 0 Å². The number of aliphatic hydroxyl groups is 2. The summed E-state index contributed by atoms with van der Waals surface area (Å²) >= 11 is 0. The highest BCUT2D eigenvalue weighted by molar-refractivity contribution is 4.81. The zero-order valence-corrected chi connectivity index (χ0v) is 10.4. The van der Waals surface area contributed by atoms with E-state index in [1.54, 1.807) is 0 Å². The highest BCUT2D eigenvalue weighted by Gasteiger charge is 2.23. The van der Waals surface area contributed by atoms with Gasteiger partial charge in [0.1, 0.15) is 0 Å². The molecule has 0 aromatic carbocycles. The maximum atomic E-state index is 9.13. The van der Waals surface area contributed by atoms with E-state index in [9.17, 15) is 0 Å². The molecule has 2 aliphatic carbocycles. The summed E-state index contributed by atoms with van der Waals surface area (Å²) in [5, 5.41) is 24.4. The second-order valence-corrected chi connectivity index (χ2v) is 4.79. The van der Waals surface area contributed by atoms with E-state index >= 15 is 0 Å². The van der Waals surface area contributed by atoms with Gasteiger partial charge in [-0.1, -0.05) is 0 Å². The molecule has 4 atom stereocenters. The smallest absolute Gasteiger partial charge is 0.0693 e. The van der Waals surface area contributed by atoms with E-state index in [0.29, 0.717) is 12.1 Å². The van der Waals surface area contributed by atoms with Crippen LogP contribution in [0.4, 0.5) is 0 Å². The van der Waals surface area contributed by atoms with Crippen molar-refractivity contribution in [3.8, 4) is 0 Å². The van der Waals surface area contributed by atoms with Crippen LogP contribution in [0.25, 0.3) is 0 Å². The molecule has 4 N–H and O–H groups in total. The van der Waals surface area contributed by atoms with Gasteiger partial charge in [0.25, 0.3) is 0 Å². The van der Waals surface area contributed by atoms with Crippen LogP contribution in [-0.4, -0.2) is 48.6 Å². The van der Waals surface area contributed by atoms with Crippen molar-refractivity contribution in [1.82, 2.24) is 10.6 Å². The van der Waals surface area contributed by atoms with Gasteiger partial charge in [-0.15, -0.1) is 0 Å². The number of hydrogen-bond donors (Lipinski definition) is 4. The van der Waals surface area contributed by atoms with Gasteiger partial charge < -0.3 is 20.8 Å². The van der Waals surface area contributed by atoms with E-state index in [1.807, 2.05) is 14.1 Å². The Hall–Kier alpha value is -0.160. The van der Waals surface area contributed by atoms with E-state index in [-0.39, 0.29) is 12.2 Å². The number of likely N-dealkylation sites (N-methyl/N-ethyl adjacent to an activating group) is 2. The molecular formula is C12H26N2O2. The van der Waals surface area contributed by atoms with Gasteiger partial charge in [0.15, 0.2) is 0 Å². The highest BCUT2D eigenvalue weighted by atomic mass is 16.3. The third-order valence-electron chi connectivity index (χ3n) is 3.70. The Morgan fingerprint density at radius 2 is 1.12 bits per heavy atom. The van der Waals surface area contributed by atoms with Crippen molar-refractivity contribution in [3.63, 3.8) is 0 Å². The predicted octanol–water partition coefficient (Wildman–Crippen LogP) is 0.238. The van der Waals surface area contributed by atoms with Gasteiger partial charge >= 0.3 is 0 Å². The Bertz CT molecular complexity index is 170. The van der Waals surface area contributed by atoms with Crippen LogP contribution in [0.15, 0.2) is 0 Å². The van der Waals surface area contributed by atoms with Crippen LogP contribution in [0, 0.1) is 0 Å². The highest BCUT2D eigenvalue weighted by Crippen LogP contribution is 2.18. The molecule has 2 rings (SSSR count). The Kier molecular flexibility index (Phi) is 6.28. The summed E-state index contributed by atoms with van der Waals surface area (Å²) in [7, 11) is 3.80. The van der Waals surface area contributed by atoms with E-state index in [2.05, 4.69) is 10.6 Å². The summed E-state index contributed by atoms with van der Waals surface area (Å²) in [5.74, 6) is 0. The average molecular weight is 230 g/mol. The SMILES string of the molecule is CN[C@@H]1CCC[C@@H]1O.CN[C@H]1CCC[C@H]1O. The molecule has 0 aliphatic heterocycles. The molecule has 2 fully saturated rings. The van der Waals surface area contributed by atoms with Crippen LogP contribution in [0.5, 0.6) is 0 Å². The van der Waals surface area contributed by atoms with Crippen molar-refractivity contribution in [3.05, 3.63) is 0 Å². The molecule has 0 heterocycles. The van der Waals surface area contributed by atoms with Crippen LogP contribution >= 0.6 is 0 Å². The van der Waals surface area contributed by atoms with Crippen molar-refractivity contribution < 1.29 is 10.2 Å². The number of aliphatic hydroxyl groups excluding tert-OH is 2. The van der Waals surface area contributed by atoms with Gasteiger partial charge in [-0.2, -0.15) is 0 Å². The molecule has 16 heavy (non-hydrogen) atoms. The monoisotopic (exact) mass is 230 g/mol. The van der Waals surface area contributed by atoms with Gasteiger partial charge in [0.2, 0.25) is 0 Å². The number of hydrogen-bond acceptors (Lipinski definition) is 4. The summed E-state index contributed by atoms with van der Waals surface area (Å²) < 4.78 is 0.